The molecule has 0 aliphatic heterocycles. The molecule has 0 saturated carbocycles. The van der Waals surface area contributed by atoms with Gasteiger partial charge in [-0.25, -0.2) is 0 Å². The van der Waals surface area contributed by atoms with E-state index < -0.39 is 18.0 Å². The number of carbonyl (C=O) groups excluding carboxylic acids is 2. The van der Waals surface area contributed by atoms with Gasteiger partial charge in [0.25, 0.3) is 5.91 Å². The average molecular weight is 380 g/mol. The minimum atomic E-state index is -4.99. The lowest BCUT2D eigenvalue weighted by atomic mass is 10.1. The summed E-state index contributed by atoms with van der Waals surface area (Å²) in [6.45, 7) is 1.69. The molecule has 0 radical (unpaired) electrons. The number of hydrogen-bond donors (Lipinski definition) is 2. The summed E-state index contributed by atoms with van der Waals surface area (Å²) in [5.41, 5.74) is 1.29. The Labute approximate surface area is 154 Å². The highest BCUT2D eigenvalue weighted by Crippen LogP contribution is 2.21. The third-order valence-corrected chi connectivity index (χ3v) is 3.71. The number of carbonyl (C=O) groups is 2. The molecule has 2 amide bonds. The molecule has 2 aromatic rings. The first-order chi connectivity index (χ1) is 12.8. The molecule has 2 rings (SSSR count). The molecule has 0 heterocycles. The molecule has 0 aromatic heterocycles. The first-order valence-electron chi connectivity index (χ1n) is 8.24. The zero-order valence-electron chi connectivity index (χ0n) is 14.6. The van der Waals surface area contributed by atoms with Crippen molar-refractivity contribution in [2.75, 3.05) is 11.9 Å². The summed E-state index contributed by atoms with van der Waals surface area (Å²) in [6, 6.07) is 13.3. The van der Waals surface area contributed by atoms with E-state index in [4.69, 9.17) is 4.74 Å². The Morgan fingerprint density at radius 1 is 1.00 bits per heavy atom. The fourth-order valence-electron chi connectivity index (χ4n) is 2.31. The number of amides is 2. The van der Waals surface area contributed by atoms with Gasteiger partial charge in [0, 0.05) is 12.2 Å². The van der Waals surface area contributed by atoms with Gasteiger partial charge in [0.1, 0.15) is 5.75 Å². The van der Waals surface area contributed by atoms with Gasteiger partial charge in [-0.3, -0.25) is 9.59 Å². The maximum absolute atomic E-state index is 12.4. The van der Waals surface area contributed by atoms with Crippen LogP contribution in [0.5, 0.6) is 5.75 Å². The first-order valence-corrected chi connectivity index (χ1v) is 8.24. The quantitative estimate of drug-likeness (QED) is 0.773. The van der Waals surface area contributed by atoms with Crippen LogP contribution in [0, 0.1) is 0 Å². The Hall–Kier alpha value is -3.03. The van der Waals surface area contributed by atoms with Crippen molar-refractivity contribution >= 4 is 17.5 Å². The number of nitrogens with one attached hydrogen (secondary N) is 2. The van der Waals surface area contributed by atoms with Gasteiger partial charge in [-0.1, -0.05) is 43.3 Å². The van der Waals surface area contributed by atoms with Crippen molar-refractivity contribution in [3.05, 3.63) is 59.7 Å². The second kappa shape index (κ2) is 9.07. The first kappa shape index (κ1) is 20.3. The van der Waals surface area contributed by atoms with E-state index in [9.17, 15) is 22.8 Å². The summed E-state index contributed by atoms with van der Waals surface area (Å²) in [5, 5.41) is 4.36. The van der Waals surface area contributed by atoms with E-state index in [2.05, 4.69) is 5.32 Å². The van der Waals surface area contributed by atoms with Crippen LogP contribution in [-0.4, -0.2) is 24.6 Å². The Morgan fingerprint density at radius 3 is 2.30 bits per heavy atom. The smallest absolute Gasteiger partial charge is 0.471 e. The van der Waals surface area contributed by atoms with Crippen LogP contribution in [-0.2, 0) is 22.6 Å². The van der Waals surface area contributed by atoms with E-state index >= 15 is 0 Å². The van der Waals surface area contributed by atoms with Gasteiger partial charge in [-0.15, -0.1) is 0 Å². The molecule has 2 aromatic carbocycles. The highest BCUT2D eigenvalue weighted by Gasteiger charge is 2.38. The molecule has 27 heavy (non-hydrogen) atoms. The topological polar surface area (TPSA) is 67.4 Å². The highest BCUT2D eigenvalue weighted by molar-refractivity contribution is 5.95. The summed E-state index contributed by atoms with van der Waals surface area (Å²) in [7, 11) is 0. The van der Waals surface area contributed by atoms with Gasteiger partial charge >= 0.3 is 12.1 Å². The number of rotatable bonds is 7. The van der Waals surface area contributed by atoms with Crippen LogP contribution in [0.1, 0.15) is 18.1 Å². The largest absolute Gasteiger partial charge is 0.483 e. The van der Waals surface area contributed by atoms with Crippen molar-refractivity contribution in [1.29, 1.82) is 0 Å². The number of ether oxygens (including phenoxy) is 1. The van der Waals surface area contributed by atoms with Crippen LogP contribution in [0.4, 0.5) is 18.9 Å². The van der Waals surface area contributed by atoms with Gasteiger partial charge in [0.2, 0.25) is 0 Å². The summed E-state index contributed by atoms with van der Waals surface area (Å²) >= 11 is 0. The van der Waals surface area contributed by atoms with Crippen LogP contribution in [0.25, 0.3) is 0 Å². The number of alkyl halides is 3. The van der Waals surface area contributed by atoms with E-state index in [1.807, 2.05) is 19.1 Å². The van der Waals surface area contributed by atoms with Crippen LogP contribution >= 0.6 is 0 Å². The van der Waals surface area contributed by atoms with E-state index in [0.717, 1.165) is 12.0 Å². The number of para-hydroxylation sites is 2. The standard InChI is InChI=1S/C19H19F3N2O3/c1-2-13-7-4-6-10-16(13)27-12-17(25)23-11-14-8-3-5-9-15(14)24-18(26)19(20,21)22/h3-10H,2,11-12H2,1H3,(H,23,25)(H,24,26). The second-order valence-electron chi connectivity index (χ2n) is 5.64. The van der Waals surface area contributed by atoms with Gasteiger partial charge in [0.05, 0.1) is 0 Å². The fourth-order valence-corrected chi connectivity index (χ4v) is 2.31. The highest BCUT2D eigenvalue weighted by atomic mass is 19.4. The number of aryl methyl sites for hydroxylation is 1. The maximum Gasteiger partial charge on any atom is 0.471 e. The Morgan fingerprint density at radius 2 is 1.63 bits per heavy atom. The minimum absolute atomic E-state index is 0.0163. The van der Waals surface area contributed by atoms with Crippen molar-refractivity contribution in [2.45, 2.75) is 26.1 Å². The Balaban J connectivity index is 1.92. The zero-order chi connectivity index (χ0) is 19.9. The fraction of sp³-hybridized carbons (Fsp3) is 0.263. The lowest BCUT2D eigenvalue weighted by Gasteiger charge is -2.14. The zero-order valence-corrected chi connectivity index (χ0v) is 14.6. The predicted molar refractivity (Wildman–Crippen MR) is 94.3 cm³/mol. The van der Waals surface area contributed by atoms with Crippen LogP contribution in [0.3, 0.4) is 0 Å². The molecule has 8 heteroatoms. The van der Waals surface area contributed by atoms with E-state index in [0.29, 0.717) is 11.3 Å². The lowest BCUT2D eigenvalue weighted by Crippen LogP contribution is -2.31. The molecule has 2 N–H and O–H groups in total. The van der Waals surface area contributed by atoms with E-state index in [1.54, 1.807) is 23.5 Å². The average Bonchev–Trinajstić information content (AvgIpc) is 2.65. The van der Waals surface area contributed by atoms with E-state index in [-0.39, 0.29) is 18.8 Å². The van der Waals surface area contributed by atoms with Crippen molar-refractivity contribution in [1.82, 2.24) is 5.32 Å². The predicted octanol–water partition coefficient (Wildman–Crippen LogP) is 3.45. The molecular weight excluding hydrogens is 361 g/mol. The summed E-state index contributed by atoms with van der Waals surface area (Å²) in [5.74, 6) is -1.90. The Kier molecular flexibility index (Phi) is 6.81. The molecule has 0 spiro atoms. The van der Waals surface area contributed by atoms with Crippen LogP contribution < -0.4 is 15.4 Å². The molecular formula is C19H19F3N2O3. The molecule has 0 bridgehead atoms. The molecule has 0 saturated heterocycles. The maximum atomic E-state index is 12.4. The third kappa shape index (κ3) is 6.02. The molecule has 0 aliphatic rings. The van der Waals surface area contributed by atoms with Crippen LogP contribution in [0.15, 0.2) is 48.5 Å². The second-order valence-corrected chi connectivity index (χ2v) is 5.64. The molecule has 0 aliphatic carbocycles. The third-order valence-electron chi connectivity index (χ3n) is 3.71. The monoisotopic (exact) mass is 380 g/mol. The SMILES string of the molecule is CCc1ccccc1OCC(=O)NCc1ccccc1NC(=O)C(F)(F)F. The number of anilines is 1. The van der Waals surface area contributed by atoms with Gasteiger partial charge in [-0.2, -0.15) is 13.2 Å². The summed E-state index contributed by atoms with van der Waals surface area (Å²) in [6.07, 6.45) is -4.24. The normalized spacial score (nSPS) is 11.0. The van der Waals surface area contributed by atoms with E-state index in [1.165, 1.54) is 18.2 Å². The van der Waals surface area contributed by atoms with Crippen molar-refractivity contribution in [2.24, 2.45) is 0 Å². The molecule has 5 nitrogen and oxygen atoms in total. The van der Waals surface area contributed by atoms with Gasteiger partial charge in [0.15, 0.2) is 6.61 Å². The van der Waals surface area contributed by atoms with Crippen molar-refractivity contribution < 1.29 is 27.5 Å². The number of halogens is 3. The molecule has 0 unspecified atom stereocenters. The van der Waals surface area contributed by atoms with Gasteiger partial charge < -0.3 is 15.4 Å². The van der Waals surface area contributed by atoms with Crippen molar-refractivity contribution in [3.8, 4) is 5.75 Å². The number of hydrogen-bond acceptors (Lipinski definition) is 3. The Bertz CT molecular complexity index is 807. The van der Waals surface area contributed by atoms with Crippen molar-refractivity contribution in [3.63, 3.8) is 0 Å². The minimum Gasteiger partial charge on any atom is -0.483 e. The lowest BCUT2D eigenvalue weighted by molar-refractivity contribution is -0.167. The molecule has 144 valence electrons. The van der Waals surface area contributed by atoms with Gasteiger partial charge in [-0.05, 0) is 29.7 Å². The summed E-state index contributed by atoms with van der Waals surface area (Å²) in [4.78, 5) is 23.1. The molecule has 0 atom stereocenters. The van der Waals surface area contributed by atoms with Crippen LogP contribution in [0.2, 0.25) is 0 Å². The molecule has 0 fully saturated rings. The summed E-state index contributed by atoms with van der Waals surface area (Å²) < 4.78 is 42.7. The number of benzene rings is 2.